The zero-order valence-corrected chi connectivity index (χ0v) is 10.5. The van der Waals surface area contributed by atoms with Crippen LogP contribution in [0.1, 0.15) is 18.2 Å². The summed E-state index contributed by atoms with van der Waals surface area (Å²) in [4.78, 5) is 4.14. The molecule has 19 heavy (non-hydrogen) atoms. The van der Waals surface area contributed by atoms with Gasteiger partial charge in [0.15, 0.2) is 0 Å². The van der Waals surface area contributed by atoms with E-state index in [1.54, 1.807) is 18.6 Å². The van der Waals surface area contributed by atoms with Crippen LogP contribution in [0, 0.1) is 11.7 Å². The van der Waals surface area contributed by atoms with Crippen molar-refractivity contribution in [3.05, 3.63) is 48.3 Å². The lowest BCUT2D eigenvalue weighted by molar-refractivity contribution is 0.180. The summed E-state index contributed by atoms with van der Waals surface area (Å²) in [5.41, 5.74) is 7.91. The Morgan fingerprint density at radius 3 is 3.11 bits per heavy atom. The summed E-state index contributed by atoms with van der Waals surface area (Å²) < 4.78 is 20.5. The van der Waals surface area contributed by atoms with E-state index >= 15 is 0 Å². The van der Waals surface area contributed by atoms with Crippen LogP contribution >= 0.6 is 0 Å². The summed E-state index contributed by atoms with van der Waals surface area (Å²) in [6.07, 6.45) is 4.36. The van der Waals surface area contributed by atoms with Crippen LogP contribution in [0.5, 0.6) is 0 Å². The fourth-order valence-electron chi connectivity index (χ4n) is 2.47. The molecule has 2 heterocycles. The van der Waals surface area contributed by atoms with Crippen LogP contribution in [0.25, 0.3) is 5.69 Å². The highest BCUT2D eigenvalue weighted by Gasteiger charge is 2.26. The van der Waals surface area contributed by atoms with Gasteiger partial charge in [0.2, 0.25) is 0 Å². The average molecular weight is 261 g/mol. The SMILES string of the molecule is NC(c1cncn1-c1cccc(F)c1)C1CCOC1. The van der Waals surface area contributed by atoms with Crippen LogP contribution in [0.2, 0.25) is 0 Å². The minimum Gasteiger partial charge on any atom is -0.381 e. The van der Waals surface area contributed by atoms with E-state index in [0.29, 0.717) is 12.5 Å². The molecule has 1 fully saturated rings. The lowest BCUT2D eigenvalue weighted by Crippen LogP contribution is -2.24. The van der Waals surface area contributed by atoms with Gasteiger partial charge in [-0.25, -0.2) is 9.37 Å². The second-order valence-corrected chi connectivity index (χ2v) is 4.82. The third-order valence-corrected chi connectivity index (χ3v) is 3.57. The number of rotatable bonds is 3. The van der Waals surface area contributed by atoms with Crippen molar-refractivity contribution < 1.29 is 9.13 Å². The largest absolute Gasteiger partial charge is 0.381 e. The van der Waals surface area contributed by atoms with Gasteiger partial charge in [0, 0.05) is 18.2 Å². The first kappa shape index (κ1) is 12.3. The van der Waals surface area contributed by atoms with Crippen molar-refractivity contribution in [3.8, 4) is 5.69 Å². The summed E-state index contributed by atoms with van der Waals surface area (Å²) >= 11 is 0. The number of imidazole rings is 1. The Kier molecular flexibility index (Phi) is 3.31. The summed E-state index contributed by atoms with van der Waals surface area (Å²) in [6.45, 7) is 1.43. The fourth-order valence-corrected chi connectivity index (χ4v) is 2.47. The molecule has 0 radical (unpaired) electrons. The van der Waals surface area contributed by atoms with Crippen LogP contribution in [-0.2, 0) is 4.74 Å². The molecule has 0 bridgehead atoms. The van der Waals surface area contributed by atoms with E-state index in [4.69, 9.17) is 10.5 Å². The fraction of sp³-hybridized carbons (Fsp3) is 0.357. The number of nitrogens with two attached hydrogens (primary N) is 1. The maximum absolute atomic E-state index is 13.3. The van der Waals surface area contributed by atoms with Crippen molar-refractivity contribution in [2.24, 2.45) is 11.7 Å². The maximum atomic E-state index is 13.3. The van der Waals surface area contributed by atoms with Crippen LogP contribution in [0.4, 0.5) is 4.39 Å². The van der Waals surface area contributed by atoms with Gasteiger partial charge in [-0.1, -0.05) is 6.07 Å². The van der Waals surface area contributed by atoms with Crippen LogP contribution in [-0.4, -0.2) is 22.8 Å². The predicted molar refractivity (Wildman–Crippen MR) is 69.4 cm³/mol. The molecule has 0 amide bonds. The molecule has 1 saturated heterocycles. The molecule has 4 nitrogen and oxygen atoms in total. The molecular formula is C14H16FN3O. The Morgan fingerprint density at radius 1 is 1.47 bits per heavy atom. The average Bonchev–Trinajstić information content (AvgIpc) is 3.09. The van der Waals surface area contributed by atoms with E-state index in [1.165, 1.54) is 12.1 Å². The maximum Gasteiger partial charge on any atom is 0.125 e. The van der Waals surface area contributed by atoms with Crippen LogP contribution in [0.15, 0.2) is 36.8 Å². The summed E-state index contributed by atoms with van der Waals surface area (Å²) in [7, 11) is 0. The van der Waals surface area contributed by atoms with Gasteiger partial charge in [0.25, 0.3) is 0 Å². The Morgan fingerprint density at radius 2 is 2.37 bits per heavy atom. The Hall–Kier alpha value is -1.72. The van der Waals surface area contributed by atoms with Crippen molar-refractivity contribution in [2.75, 3.05) is 13.2 Å². The summed E-state index contributed by atoms with van der Waals surface area (Å²) in [5, 5.41) is 0. The molecule has 5 heteroatoms. The molecule has 1 aromatic heterocycles. The van der Waals surface area contributed by atoms with Crippen LogP contribution in [0.3, 0.4) is 0 Å². The highest BCUT2D eigenvalue weighted by molar-refractivity contribution is 5.34. The van der Waals surface area contributed by atoms with Crippen molar-refractivity contribution in [1.29, 1.82) is 0 Å². The van der Waals surface area contributed by atoms with Crippen molar-refractivity contribution in [3.63, 3.8) is 0 Å². The standard InChI is InChI=1S/C14H16FN3O/c15-11-2-1-3-12(6-11)18-9-17-7-13(18)14(16)10-4-5-19-8-10/h1-3,6-7,9-10,14H,4-5,8,16H2. The van der Waals surface area contributed by atoms with Gasteiger partial charge in [0.1, 0.15) is 5.82 Å². The highest BCUT2D eigenvalue weighted by Crippen LogP contribution is 2.28. The molecule has 2 atom stereocenters. The first-order valence-electron chi connectivity index (χ1n) is 6.37. The lowest BCUT2D eigenvalue weighted by Gasteiger charge is -2.19. The van der Waals surface area contributed by atoms with Crippen LogP contribution < -0.4 is 5.73 Å². The Balaban J connectivity index is 1.93. The molecule has 0 spiro atoms. The lowest BCUT2D eigenvalue weighted by atomic mass is 9.97. The van der Waals surface area contributed by atoms with E-state index in [-0.39, 0.29) is 11.9 Å². The van der Waals surface area contributed by atoms with Gasteiger partial charge in [-0.15, -0.1) is 0 Å². The van der Waals surface area contributed by atoms with E-state index in [2.05, 4.69) is 4.98 Å². The smallest absolute Gasteiger partial charge is 0.125 e. The minimum absolute atomic E-state index is 0.145. The summed E-state index contributed by atoms with van der Waals surface area (Å²) in [5.74, 6) is 0.0268. The third kappa shape index (κ3) is 2.39. The molecule has 2 aromatic rings. The second-order valence-electron chi connectivity index (χ2n) is 4.82. The van der Waals surface area contributed by atoms with E-state index in [9.17, 15) is 4.39 Å². The van der Waals surface area contributed by atoms with Gasteiger partial charge in [-0.05, 0) is 24.6 Å². The Bertz CT molecular complexity index is 563. The zero-order valence-electron chi connectivity index (χ0n) is 10.5. The third-order valence-electron chi connectivity index (χ3n) is 3.57. The molecule has 3 rings (SSSR count). The molecule has 1 aromatic carbocycles. The number of ether oxygens (including phenoxy) is 1. The van der Waals surface area contributed by atoms with Gasteiger partial charge in [0.05, 0.1) is 30.9 Å². The molecule has 0 aliphatic carbocycles. The minimum atomic E-state index is -0.269. The number of aromatic nitrogens is 2. The molecule has 0 saturated carbocycles. The van der Waals surface area contributed by atoms with Crippen molar-refractivity contribution in [2.45, 2.75) is 12.5 Å². The number of nitrogens with zero attached hydrogens (tertiary/aromatic N) is 2. The van der Waals surface area contributed by atoms with Gasteiger partial charge >= 0.3 is 0 Å². The van der Waals surface area contributed by atoms with Gasteiger partial charge in [-0.2, -0.15) is 0 Å². The number of halogens is 1. The molecule has 2 unspecified atom stereocenters. The van der Waals surface area contributed by atoms with E-state index < -0.39 is 0 Å². The number of hydrogen-bond donors (Lipinski definition) is 1. The molecule has 1 aliphatic rings. The van der Waals surface area contributed by atoms with Crippen molar-refractivity contribution >= 4 is 0 Å². The van der Waals surface area contributed by atoms with E-state index in [1.807, 2.05) is 10.6 Å². The number of benzene rings is 1. The summed E-state index contributed by atoms with van der Waals surface area (Å²) in [6, 6.07) is 6.27. The molecular weight excluding hydrogens is 245 g/mol. The van der Waals surface area contributed by atoms with Gasteiger partial charge in [-0.3, -0.25) is 0 Å². The first-order chi connectivity index (χ1) is 9.25. The first-order valence-corrected chi connectivity index (χ1v) is 6.37. The van der Waals surface area contributed by atoms with Gasteiger partial charge < -0.3 is 15.0 Å². The highest BCUT2D eigenvalue weighted by atomic mass is 19.1. The predicted octanol–water partition coefficient (Wildman–Crippen LogP) is 2.05. The number of hydrogen-bond acceptors (Lipinski definition) is 3. The topological polar surface area (TPSA) is 53.1 Å². The quantitative estimate of drug-likeness (QED) is 0.920. The Labute approximate surface area is 111 Å². The van der Waals surface area contributed by atoms with Crippen molar-refractivity contribution in [1.82, 2.24) is 9.55 Å². The molecule has 2 N–H and O–H groups in total. The monoisotopic (exact) mass is 261 g/mol. The zero-order chi connectivity index (χ0) is 13.2. The second kappa shape index (κ2) is 5.11. The molecule has 100 valence electrons. The molecule has 1 aliphatic heterocycles. The normalized spacial score (nSPS) is 20.6. The van der Waals surface area contributed by atoms with E-state index in [0.717, 1.165) is 24.4 Å².